The molecule has 2 atom stereocenters. The monoisotopic (exact) mass is 240 g/mol. The second-order valence-electron chi connectivity index (χ2n) is 3.84. The van der Waals surface area contributed by atoms with Crippen LogP contribution in [0, 0.1) is 0 Å². The van der Waals surface area contributed by atoms with E-state index in [4.69, 9.17) is 14.6 Å². The molecule has 1 saturated heterocycles. The minimum Gasteiger partial charge on any atom is -0.452 e. The first kappa shape index (κ1) is 12.0. The van der Waals surface area contributed by atoms with E-state index in [9.17, 15) is 9.18 Å². The summed E-state index contributed by atoms with van der Waals surface area (Å²) in [6.07, 6.45) is -0.810. The number of benzene rings is 1. The van der Waals surface area contributed by atoms with Gasteiger partial charge in [-0.3, -0.25) is 0 Å². The van der Waals surface area contributed by atoms with Crippen LogP contribution in [-0.4, -0.2) is 36.2 Å². The van der Waals surface area contributed by atoms with E-state index in [1.165, 1.54) is 0 Å². The van der Waals surface area contributed by atoms with E-state index >= 15 is 0 Å². The summed E-state index contributed by atoms with van der Waals surface area (Å²) in [6.45, 7) is -0.691. The number of hydrogen-bond donors (Lipinski definition) is 1. The van der Waals surface area contributed by atoms with Gasteiger partial charge in [0.05, 0.1) is 12.2 Å². The summed E-state index contributed by atoms with van der Waals surface area (Å²) in [4.78, 5) is 11.7. The lowest BCUT2D eigenvalue weighted by Crippen LogP contribution is -2.41. The molecule has 1 aliphatic rings. The molecular formula is C12H13FO4. The Morgan fingerprint density at radius 2 is 2.24 bits per heavy atom. The van der Waals surface area contributed by atoms with E-state index in [-0.39, 0.29) is 13.0 Å². The van der Waals surface area contributed by atoms with Gasteiger partial charge in [0, 0.05) is 6.42 Å². The number of halogens is 1. The zero-order valence-electron chi connectivity index (χ0n) is 9.14. The molecule has 0 aromatic heterocycles. The highest BCUT2D eigenvalue weighted by atomic mass is 19.2. The first-order valence-electron chi connectivity index (χ1n) is 5.35. The number of esters is 1. The SMILES string of the molecule is O=C(OC1CCOC1(F)CO)c1ccccc1. The summed E-state index contributed by atoms with van der Waals surface area (Å²) in [5.74, 6) is -2.89. The van der Waals surface area contributed by atoms with E-state index in [2.05, 4.69) is 0 Å². The Balaban J connectivity index is 2.04. The lowest BCUT2D eigenvalue weighted by molar-refractivity contribution is -0.180. The molecule has 1 fully saturated rings. The number of alkyl halides is 1. The van der Waals surface area contributed by atoms with Gasteiger partial charge < -0.3 is 14.6 Å². The number of carbonyl (C=O) groups is 1. The molecule has 1 aromatic rings. The van der Waals surface area contributed by atoms with Crippen LogP contribution < -0.4 is 0 Å². The molecule has 1 aliphatic heterocycles. The number of carbonyl (C=O) groups excluding carboxylic acids is 1. The van der Waals surface area contributed by atoms with E-state index in [1.807, 2.05) is 0 Å². The van der Waals surface area contributed by atoms with Crippen molar-refractivity contribution in [1.29, 1.82) is 0 Å². The zero-order valence-corrected chi connectivity index (χ0v) is 9.14. The Bertz CT molecular complexity index is 395. The Morgan fingerprint density at radius 1 is 1.53 bits per heavy atom. The first-order valence-corrected chi connectivity index (χ1v) is 5.35. The van der Waals surface area contributed by atoms with Gasteiger partial charge in [0.25, 0.3) is 5.85 Å². The average Bonchev–Trinajstić information content (AvgIpc) is 2.73. The third kappa shape index (κ3) is 2.45. The van der Waals surface area contributed by atoms with Crippen LogP contribution >= 0.6 is 0 Å². The summed E-state index contributed by atoms with van der Waals surface area (Å²) >= 11 is 0. The van der Waals surface area contributed by atoms with E-state index in [0.717, 1.165) is 0 Å². The van der Waals surface area contributed by atoms with Gasteiger partial charge in [-0.1, -0.05) is 18.2 Å². The van der Waals surface area contributed by atoms with Crippen LogP contribution in [0.3, 0.4) is 0 Å². The largest absolute Gasteiger partial charge is 0.452 e. The first-order chi connectivity index (χ1) is 8.15. The quantitative estimate of drug-likeness (QED) is 0.809. The van der Waals surface area contributed by atoms with Gasteiger partial charge in [-0.2, -0.15) is 0 Å². The number of ether oxygens (including phenoxy) is 2. The molecule has 92 valence electrons. The van der Waals surface area contributed by atoms with Crippen molar-refractivity contribution < 1.29 is 23.8 Å². The fourth-order valence-corrected chi connectivity index (χ4v) is 1.71. The predicted molar refractivity (Wildman–Crippen MR) is 57.1 cm³/mol. The molecule has 17 heavy (non-hydrogen) atoms. The molecule has 0 amide bonds. The van der Waals surface area contributed by atoms with Gasteiger partial charge in [0.1, 0.15) is 6.61 Å². The minimum atomic E-state index is -2.27. The minimum absolute atomic E-state index is 0.129. The summed E-state index contributed by atoms with van der Waals surface area (Å²) in [5, 5.41) is 8.89. The van der Waals surface area contributed by atoms with Crippen LogP contribution in [-0.2, 0) is 9.47 Å². The van der Waals surface area contributed by atoms with Crippen LogP contribution in [0.5, 0.6) is 0 Å². The second-order valence-corrected chi connectivity index (χ2v) is 3.84. The van der Waals surface area contributed by atoms with Crippen molar-refractivity contribution >= 4 is 5.97 Å². The highest BCUT2D eigenvalue weighted by Crippen LogP contribution is 2.30. The highest BCUT2D eigenvalue weighted by molar-refractivity contribution is 5.89. The molecule has 2 rings (SSSR count). The van der Waals surface area contributed by atoms with Crippen molar-refractivity contribution in [3.63, 3.8) is 0 Å². The van der Waals surface area contributed by atoms with Crippen LogP contribution in [0.15, 0.2) is 30.3 Å². The number of rotatable bonds is 3. The smallest absolute Gasteiger partial charge is 0.338 e. The molecule has 0 radical (unpaired) electrons. The maximum atomic E-state index is 13.8. The van der Waals surface area contributed by atoms with E-state index in [0.29, 0.717) is 5.56 Å². The molecule has 2 unspecified atom stereocenters. The summed E-state index contributed by atoms with van der Waals surface area (Å²) in [7, 11) is 0. The fraction of sp³-hybridized carbons (Fsp3) is 0.417. The Morgan fingerprint density at radius 3 is 2.88 bits per heavy atom. The van der Waals surface area contributed by atoms with Crippen molar-refractivity contribution in [2.24, 2.45) is 0 Å². The maximum Gasteiger partial charge on any atom is 0.338 e. The molecule has 0 aliphatic carbocycles. The molecule has 1 N–H and O–H groups in total. The van der Waals surface area contributed by atoms with Crippen LogP contribution in [0.4, 0.5) is 4.39 Å². The van der Waals surface area contributed by atoms with Crippen LogP contribution in [0.1, 0.15) is 16.8 Å². The summed E-state index contributed by atoms with van der Waals surface area (Å²) in [5.41, 5.74) is 0.347. The summed E-state index contributed by atoms with van der Waals surface area (Å²) in [6, 6.07) is 8.31. The molecular weight excluding hydrogens is 227 g/mol. The van der Waals surface area contributed by atoms with Crippen LogP contribution in [0.2, 0.25) is 0 Å². The lowest BCUT2D eigenvalue weighted by atomic mass is 10.1. The van der Waals surface area contributed by atoms with E-state index in [1.54, 1.807) is 30.3 Å². The number of hydrogen-bond acceptors (Lipinski definition) is 4. The Labute approximate surface area is 98.0 Å². The van der Waals surface area contributed by atoms with Crippen molar-refractivity contribution in [3.8, 4) is 0 Å². The normalized spacial score (nSPS) is 28.0. The van der Waals surface area contributed by atoms with E-state index < -0.39 is 24.5 Å². The topological polar surface area (TPSA) is 55.8 Å². The lowest BCUT2D eigenvalue weighted by Gasteiger charge is -2.23. The van der Waals surface area contributed by atoms with Crippen molar-refractivity contribution in [2.45, 2.75) is 18.4 Å². The molecule has 0 spiro atoms. The zero-order chi connectivity index (χ0) is 12.3. The molecule has 0 saturated carbocycles. The third-order valence-corrected chi connectivity index (χ3v) is 2.68. The van der Waals surface area contributed by atoms with Crippen molar-refractivity contribution in [2.75, 3.05) is 13.2 Å². The highest BCUT2D eigenvalue weighted by Gasteiger charge is 2.47. The van der Waals surface area contributed by atoms with Gasteiger partial charge in [-0.15, -0.1) is 0 Å². The van der Waals surface area contributed by atoms with Gasteiger partial charge in [0.15, 0.2) is 6.10 Å². The molecule has 5 heteroatoms. The Kier molecular flexibility index (Phi) is 3.40. The van der Waals surface area contributed by atoms with Crippen molar-refractivity contribution in [3.05, 3.63) is 35.9 Å². The molecule has 1 aromatic carbocycles. The fourth-order valence-electron chi connectivity index (χ4n) is 1.71. The van der Waals surface area contributed by atoms with Gasteiger partial charge in [-0.05, 0) is 12.1 Å². The maximum absolute atomic E-state index is 13.8. The van der Waals surface area contributed by atoms with Gasteiger partial charge >= 0.3 is 5.97 Å². The van der Waals surface area contributed by atoms with Crippen molar-refractivity contribution in [1.82, 2.24) is 0 Å². The standard InChI is InChI=1S/C12H13FO4/c13-12(8-14)10(6-7-16-12)17-11(15)9-4-2-1-3-5-9/h1-5,10,14H,6-8H2. The number of aliphatic hydroxyl groups excluding tert-OH is 1. The Hall–Kier alpha value is -1.46. The molecule has 1 heterocycles. The number of aliphatic hydroxyl groups is 1. The molecule has 0 bridgehead atoms. The predicted octanol–water partition coefficient (Wildman–Crippen LogP) is 1.29. The van der Waals surface area contributed by atoms with Gasteiger partial charge in [-0.25, -0.2) is 9.18 Å². The average molecular weight is 240 g/mol. The summed E-state index contributed by atoms with van der Waals surface area (Å²) < 4.78 is 23.6. The van der Waals surface area contributed by atoms with Gasteiger partial charge in [0.2, 0.25) is 0 Å². The molecule has 4 nitrogen and oxygen atoms in total. The van der Waals surface area contributed by atoms with Crippen LogP contribution in [0.25, 0.3) is 0 Å². The second kappa shape index (κ2) is 4.81. The third-order valence-electron chi connectivity index (χ3n) is 2.68.